The highest BCUT2D eigenvalue weighted by Gasteiger charge is 2.13. The zero-order valence-corrected chi connectivity index (χ0v) is 8.70. The predicted molar refractivity (Wildman–Crippen MR) is 54.8 cm³/mol. The minimum atomic E-state index is 0.0795. The molecule has 0 amide bonds. The van der Waals surface area contributed by atoms with Gasteiger partial charge in [0.2, 0.25) is 0 Å². The van der Waals surface area contributed by atoms with Crippen molar-refractivity contribution >= 4 is 0 Å². The lowest BCUT2D eigenvalue weighted by atomic mass is 10.1. The molecule has 14 heavy (non-hydrogen) atoms. The van der Waals surface area contributed by atoms with Crippen LogP contribution >= 0.6 is 0 Å². The molecule has 1 atom stereocenters. The van der Waals surface area contributed by atoms with Gasteiger partial charge in [-0.1, -0.05) is 0 Å². The van der Waals surface area contributed by atoms with Crippen LogP contribution in [0.3, 0.4) is 0 Å². The number of aromatic nitrogens is 2. The first-order valence-electron chi connectivity index (χ1n) is 4.73. The Morgan fingerprint density at radius 1 is 1.71 bits per heavy atom. The Labute approximate surface area is 83.9 Å². The standard InChI is InChI=1S/C9H18N4O/c1-7-8(6-13(2)12-7)9(5-10)11-3-4-14/h6,9,11,14H,3-5,10H2,1-2H3. The lowest BCUT2D eigenvalue weighted by Gasteiger charge is -2.15. The van der Waals surface area contributed by atoms with Crippen molar-refractivity contribution in [2.45, 2.75) is 13.0 Å². The SMILES string of the molecule is Cc1nn(C)cc1C(CN)NCCO. The lowest BCUT2D eigenvalue weighted by molar-refractivity contribution is 0.285. The molecule has 4 N–H and O–H groups in total. The van der Waals surface area contributed by atoms with Crippen molar-refractivity contribution in [2.75, 3.05) is 19.7 Å². The summed E-state index contributed by atoms with van der Waals surface area (Å²) in [7, 11) is 1.89. The monoisotopic (exact) mass is 198 g/mol. The number of aliphatic hydroxyl groups is 1. The number of hydrogen-bond donors (Lipinski definition) is 3. The summed E-state index contributed by atoms with van der Waals surface area (Å²) in [6.45, 7) is 3.14. The molecule has 0 fully saturated rings. The highest BCUT2D eigenvalue weighted by molar-refractivity contribution is 5.20. The molecule has 0 saturated carbocycles. The molecule has 1 aromatic heterocycles. The van der Waals surface area contributed by atoms with Crippen LogP contribution in [-0.2, 0) is 7.05 Å². The number of hydrogen-bond acceptors (Lipinski definition) is 4. The molecule has 0 aliphatic rings. The van der Waals surface area contributed by atoms with Crippen molar-refractivity contribution in [3.8, 4) is 0 Å². The van der Waals surface area contributed by atoms with Gasteiger partial charge < -0.3 is 16.2 Å². The van der Waals surface area contributed by atoms with Crippen LogP contribution in [0.5, 0.6) is 0 Å². The van der Waals surface area contributed by atoms with Crippen molar-refractivity contribution in [1.82, 2.24) is 15.1 Å². The van der Waals surface area contributed by atoms with Gasteiger partial charge in [-0.25, -0.2) is 0 Å². The number of nitrogens with zero attached hydrogens (tertiary/aromatic N) is 2. The van der Waals surface area contributed by atoms with Gasteiger partial charge in [0, 0.05) is 37.9 Å². The van der Waals surface area contributed by atoms with E-state index in [4.69, 9.17) is 10.8 Å². The molecule has 5 nitrogen and oxygen atoms in total. The minimum absolute atomic E-state index is 0.0795. The number of rotatable bonds is 5. The largest absolute Gasteiger partial charge is 0.395 e. The number of aryl methyl sites for hydroxylation is 2. The third-order valence-corrected chi connectivity index (χ3v) is 2.17. The highest BCUT2D eigenvalue weighted by atomic mass is 16.3. The van der Waals surface area contributed by atoms with E-state index in [1.165, 1.54) is 0 Å². The van der Waals surface area contributed by atoms with Crippen LogP contribution in [0.1, 0.15) is 17.3 Å². The van der Waals surface area contributed by atoms with Gasteiger partial charge in [0.1, 0.15) is 0 Å². The van der Waals surface area contributed by atoms with Crippen molar-refractivity contribution in [2.24, 2.45) is 12.8 Å². The van der Waals surface area contributed by atoms with E-state index in [1.54, 1.807) is 4.68 Å². The molecule has 0 spiro atoms. The molecule has 0 bridgehead atoms. The summed E-state index contributed by atoms with van der Waals surface area (Å²) in [4.78, 5) is 0. The van der Waals surface area contributed by atoms with Crippen molar-refractivity contribution in [1.29, 1.82) is 0 Å². The second-order valence-electron chi connectivity index (χ2n) is 3.31. The first-order chi connectivity index (χ1) is 6.69. The van der Waals surface area contributed by atoms with Crippen LogP contribution in [0, 0.1) is 6.92 Å². The third-order valence-electron chi connectivity index (χ3n) is 2.17. The van der Waals surface area contributed by atoms with Crippen molar-refractivity contribution < 1.29 is 5.11 Å². The minimum Gasteiger partial charge on any atom is -0.395 e. The number of nitrogens with one attached hydrogen (secondary N) is 1. The summed E-state index contributed by atoms with van der Waals surface area (Å²) in [6, 6.07) is 0.0795. The topological polar surface area (TPSA) is 76.1 Å². The maximum absolute atomic E-state index is 8.71. The fraction of sp³-hybridized carbons (Fsp3) is 0.667. The van der Waals surface area contributed by atoms with Gasteiger partial charge >= 0.3 is 0 Å². The predicted octanol–water partition coefficient (Wildman–Crippen LogP) is -0.690. The molecule has 5 heteroatoms. The van der Waals surface area contributed by atoms with Crippen molar-refractivity contribution in [3.63, 3.8) is 0 Å². The van der Waals surface area contributed by atoms with Gasteiger partial charge in [0.15, 0.2) is 0 Å². The maximum Gasteiger partial charge on any atom is 0.0641 e. The first-order valence-corrected chi connectivity index (χ1v) is 4.73. The average Bonchev–Trinajstić information content (AvgIpc) is 2.47. The average molecular weight is 198 g/mol. The Hall–Kier alpha value is -0.910. The van der Waals surface area contributed by atoms with Crippen LogP contribution in [0.4, 0.5) is 0 Å². The summed E-state index contributed by atoms with van der Waals surface area (Å²) >= 11 is 0. The molecule has 80 valence electrons. The molecule has 0 radical (unpaired) electrons. The van der Waals surface area contributed by atoms with Crippen LogP contribution in [0.25, 0.3) is 0 Å². The molecule has 0 saturated heterocycles. The second kappa shape index (κ2) is 5.09. The zero-order valence-electron chi connectivity index (χ0n) is 8.70. The fourth-order valence-electron chi connectivity index (χ4n) is 1.52. The van der Waals surface area contributed by atoms with E-state index in [2.05, 4.69) is 10.4 Å². The van der Waals surface area contributed by atoms with E-state index in [0.717, 1.165) is 11.3 Å². The molecule has 1 unspecified atom stereocenters. The molecule has 0 aliphatic carbocycles. The summed E-state index contributed by atoms with van der Waals surface area (Å²) in [5, 5.41) is 16.1. The van der Waals surface area contributed by atoms with E-state index in [-0.39, 0.29) is 12.6 Å². The summed E-state index contributed by atoms with van der Waals surface area (Å²) in [6.07, 6.45) is 1.96. The maximum atomic E-state index is 8.71. The van der Waals surface area contributed by atoms with E-state index in [1.807, 2.05) is 20.2 Å². The Balaban J connectivity index is 2.72. The molecule has 1 aromatic rings. The molecule has 1 rings (SSSR count). The Morgan fingerprint density at radius 2 is 2.43 bits per heavy atom. The van der Waals surface area contributed by atoms with Gasteiger partial charge in [-0.2, -0.15) is 5.10 Å². The molecular formula is C9H18N4O. The van der Waals surface area contributed by atoms with E-state index < -0.39 is 0 Å². The zero-order chi connectivity index (χ0) is 10.6. The van der Waals surface area contributed by atoms with Crippen LogP contribution < -0.4 is 11.1 Å². The van der Waals surface area contributed by atoms with Gasteiger partial charge in [-0.15, -0.1) is 0 Å². The summed E-state index contributed by atoms with van der Waals surface area (Å²) < 4.78 is 1.77. The first kappa shape index (κ1) is 11.2. The van der Waals surface area contributed by atoms with E-state index in [9.17, 15) is 0 Å². The third kappa shape index (κ3) is 2.54. The van der Waals surface area contributed by atoms with Gasteiger partial charge in [0.05, 0.1) is 12.3 Å². The molecule has 0 aromatic carbocycles. The van der Waals surface area contributed by atoms with Gasteiger partial charge in [-0.3, -0.25) is 4.68 Å². The fourth-order valence-corrected chi connectivity index (χ4v) is 1.52. The van der Waals surface area contributed by atoms with E-state index in [0.29, 0.717) is 13.1 Å². The van der Waals surface area contributed by atoms with Gasteiger partial charge in [0.25, 0.3) is 0 Å². The Bertz CT molecular complexity index is 284. The molecule has 0 aliphatic heterocycles. The van der Waals surface area contributed by atoms with Crippen LogP contribution in [-0.4, -0.2) is 34.6 Å². The van der Waals surface area contributed by atoms with Crippen molar-refractivity contribution in [3.05, 3.63) is 17.5 Å². The van der Waals surface area contributed by atoms with Crippen LogP contribution in [0.15, 0.2) is 6.20 Å². The summed E-state index contributed by atoms with van der Waals surface area (Å²) in [5.74, 6) is 0. The smallest absolute Gasteiger partial charge is 0.0641 e. The molecular weight excluding hydrogens is 180 g/mol. The van der Waals surface area contributed by atoms with Gasteiger partial charge in [-0.05, 0) is 6.92 Å². The summed E-state index contributed by atoms with van der Waals surface area (Å²) in [5.41, 5.74) is 7.72. The Morgan fingerprint density at radius 3 is 2.86 bits per heavy atom. The number of aliphatic hydroxyl groups excluding tert-OH is 1. The van der Waals surface area contributed by atoms with Crippen LogP contribution in [0.2, 0.25) is 0 Å². The number of nitrogens with two attached hydrogens (primary N) is 1. The quantitative estimate of drug-likeness (QED) is 0.585. The molecule has 1 heterocycles. The Kier molecular flexibility index (Phi) is 4.06. The van der Waals surface area contributed by atoms with E-state index >= 15 is 0 Å². The second-order valence-corrected chi connectivity index (χ2v) is 3.31. The highest BCUT2D eigenvalue weighted by Crippen LogP contribution is 2.14. The normalized spacial score (nSPS) is 13.1. The lowest BCUT2D eigenvalue weighted by Crippen LogP contribution is -2.30.